The largest absolute Gasteiger partial charge is 0.316 e. The summed E-state index contributed by atoms with van der Waals surface area (Å²) in [4.78, 5) is 26.9. The molecule has 3 aromatic rings. The number of anilines is 1. The summed E-state index contributed by atoms with van der Waals surface area (Å²) < 4.78 is 2.05. The van der Waals surface area contributed by atoms with Crippen molar-refractivity contribution >= 4 is 46.3 Å². The molecule has 0 unspecified atom stereocenters. The quantitative estimate of drug-likeness (QED) is 0.500. The van der Waals surface area contributed by atoms with Gasteiger partial charge in [0.05, 0.1) is 21.3 Å². The van der Waals surface area contributed by atoms with E-state index in [0.29, 0.717) is 15.6 Å². The molecule has 28 heavy (non-hydrogen) atoms. The van der Waals surface area contributed by atoms with Gasteiger partial charge in [0.25, 0.3) is 11.1 Å². The third-order valence-electron chi connectivity index (χ3n) is 4.66. The van der Waals surface area contributed by atoms with Crippen LogP contribution < -0.4 is 4.90 Å². The van der Waals surface area contributed by atoms with E-state index in [0.717, 1.165) is 34.4 Å². The second-order valence-electron chi connectivity index (χ2n) is 6.47. The lowest BCUT2D eigenvalue weighted by Gasteiger charge is -2.12. The van der Waals surface area contributed by atoms with Crippen LogP contribution in [0.15, 0.2) is 65.6 Å². The van der Waals surface area contributed by atoms with Gasteiger partial charge in [-0.15, -0.1) is 0 Å². The Balaban J connectivity index is 1.73. The standard InChI is InChI=1S/C22H17ClN2O2S/c1-14-12-16(15(2)24(14)19-11-7-6-10-18(19)23)13-20-21(26)25(22(27)28-20)17-8-4-3-5-9-17/h3-13H,1-2H3/b20-13-. The number of amides is 2. The Morgan fingerprint density at radius 1 is 0.964 bits per heavy atom. The highest BCUT2D eigenvalue weighted by Crippen LogP contribution is 2.36. The minimum atomic E-state index is -0.302. The Morgan fingerprint density at radius 3 is 2.36 bits per heavy atom. The lowest BCUT2D eigenvalue weighted by molar-refractivity contribution is -0.113. The van der Waals surface area contributed by atoms with Crippen molar-refractivity contribution in [3.05, 3.63) is 87.5 Å². The Kier molecular flexibility index (Phi) is 4.87. The zero-order valence-electron chi connectivity index (χ0n) is 15.3. The van der Waals surface area contributed by atoms with Gasteiger partial charge in [0.1, 0.15) is 0 Å². The van der Waals surface area contributed by atoms with Gasteiger partial charge in [0.2, 0.25) is 0 Å². The van der Waals surface area contributed by atoms with E-state index in [1.165, 1.54) is 4.90 Å². The molecule has 1 aliphatic heterocycles. The van der Waals surface area contributed by atoms with Gasteiger partial charge in [-0.3, -0.25) is 9.59 Å². The van der Waals surface area contributed by atoms with Crippen LogP contribution in [0.3, 0.4) is 0 Å². The number of carbonyl (C=O) groups is 2. The number of hydrogen-bond donors (Lipinski definition) is 0. The lowest BCUT2D eigenvalue weighted by atomic mass is 10.2. The molecule has 0 saturated carbocycles. The first kappa shape index (κ1) is 18.6. The van der Waals surface area contributed by atoms with Crippen molar-refractivity contribution in [1.82, 2.24) is 4.57 Å². The molecule has 6 heteroatoms. The monoisotopic (exact) mass is 408 g/mol. The first-order valence-electron chi connectivity index (χ1n) is 8.74. The number of rotatable bonds is 3. The normalized spacial score (nSPS) is 15.7. The molecule has 140 valence electrons. The number of para-hydroxylation sites is 2. The topological polar surface area (TPSA) is 42.3 Å². The molecule has 2 heterocycles. The van der Waals surface area contributed by atoms with E-state index in [-0.39, 0.29) is 11.1 Å². The average Bonchev–Trinajstić information content (AvgIpc) is 3.12. The third-order valence-corrected chi connectivity index (χ3v) is 5.85. The van der Waals surface area contributed by atoms with Gasteiger partial charge in [0, 0.05) is 11.4 Å². The zero-order valence-corrected chi connectivity index (χ0v) is 16.9. The molecule has 4 rings (SSSR count). The zero-order chi connectivity index (χ0) is 19.8. The SMILES string of the molecule is Cc1cc(/C=C2\SC(=O)N(c3ccccc3)C2=O)c(C)n1-c1ccccc1Cl. The summed E-state index contributed by atoms with van der Waals surface area (Å²) in [6.07, 6.45) is 1.78. The number of benzene rings is 2. The van der Waals surface area contributed by atoms with Crippen molar-refractivity contribution in [2.75, 3.05) is 4.90 Å². The fraction of sp³-hybridized carbons (Fsp3) is 0.0909. The van der Waals surface area contributed by atoms with Crippen LogP contribution in [-0.2, 0) is 4.79 Å². The predicted octanol–water partition coefficient (Wildman–Crippen LogP) is 5.99. The van der Waals surface area contributed by atoms with E-state index in [2.05, 4.69) is 4.57 Å². The Hall–Kier alpha value is -2.76. The van der Waals surface area contributed by atoms with Gasteiger partial charge < -0.3 is 4.57 Å². The van der Waals surface area contributed by atoms with Crippen LogP contribution in [0.25, 0.3) is 11.8 Å². The first-order valence-corrected chi connectivity index (χ1v) is 9.93. The summed E-state index contributed by atoms with van der Waals surface area (Å²) >= 11 is 7.32. The number of hydrogen-bond acceptors (Lipinski definition) is 3. The molecule has 0 aliphatic carbocycles. The lowest BCUT2D eigenvalue weighted by Crippen LogP contribution is -2.27. The minimum absolute atomic E-state index is 0.289. The highest BCUT2D eigenvalue weighted by Gasteiger charge is 2.36. The summed E-state index contributed by atoms with van der Waals surface area (Å²) in [5.41, 5.74) is 4.30. The first-order chi connectivity index (χ1) is 13.5. The third kappa shape index (κ3) is 3.17. The Morgan fingerprint density at radius 2 is 1.64 bits per heavy atom. The number of aryl methyl sites for hydroxylation is 1. The average molecular weight is 409 g/mol. The van der Waals surface area contributed by atoms with E-state index in [9.17, 15) is 9.59 Å². The fourth-order valence-electron chi connectivity index (χ4n) is 3.35. The maximum atomic E-state index is 12.8. The second-order valence-corrected chi connectivity index (χ2v) is 7.87. The van der Waals surface area contributed by atoms with E-state index >= 15 is 0 Å². The van der Waals surface area contributed by atoms with Crippen LogP contribution in [0.2, 0.25) is 5.02 Å². The van der Waals surface area contributed by atoms with E-state index in [4.69, 9.17) is 11.6 Å². The Labute approximate surface area is 172 Å². The van der Waals surface area contributed by atoms with Crippen LogP contribution in [-0.4, -0.2) is 15.7 Å². The van der Waals surface area contributed by atoms with Crippen LogP contribution in [0.4, 0.5) is 10.5 Å². The molecule has 0 bridgehead atoms. The highest BCUT2D eigenvalue weighted by molar-refractivity contribution is 8.19. The molecule has 1 aliphatic rings. The van der Waals surface area contributed by atoms with Crippen LogP contribution >= 0.6 is 23.4 Å². The molecule has 0 atom stereocenters. The van der Waals surface area contributed by atoms with Crippen LogP contribution in [0, 0.1) is 13.8 Å². The Bertz CT molecular complexity index is 1120. The molecule has 2 amide bonds. The molecule has 0 N–H and O–H groups in total. The van der Waals surface area contributed by atoms with Gasteiger partial charge in [-0.25, -0.2) is 4.90 Å². The van der Waals surface area contributed by atoms with Gasteiger partial charge in [-0.05, 0) is 67.6 Å². The number of imide groups is 1. The van der Waals surface area contributed by atoms with Crippen molar-refractivity contribution in [2.24, 2.45) is 0 Å². The molecule has 0 spiro atoms. The second kappa shape index (κ2) is 7.34. The summed E-state index contributed by atoms with van der Waals surface area (Å²) in [6.45, 7) is 3.97. The maximum Gasteiger partial charge on any atom is 0.298 e. The number of nitrogens with zero attached hydrogens (tertiary/aromatic N) is 2. The summed E-state index contributed by atoms with van der Waals surface area (Å²) in [6, 6.07) is 18.6. The number of thioether (sulfide) groups is 1. The minimum Gasteiger partial charge on any atom is -0.316 e. The summed E-state index contributed by atoms with van der Waals surface area (Å²) in [7, 11) is 0. The van der Waals surface area contributed by atoms with E-state index in [1.54, 1.807) is 30.3 Å². The van der Waals surface area contributed by atoms with Gasteiger partial charge in [-0.1, -0.05) is 41.9 Å². The van der Waals surface area contributed by atoms with Crippen molar-refractivity contribution in [3.63, 3.8) is 0 Å². The van der Waals surface area contributed by atoms with Crippen molar-refractivity contribution in [3.8, 4) is 5.69 Å². The van der Waals surface area contributed by atoms with Gasteiger partial charge in [0.15, 0.2) is 0 Å². The fourth-order valence-corrected chi connectivity index (χ4v) is 4.40. The highest BCUT2D eigenvalue weighted by atomic mass is 35.5. The molecule has 0 radical (unpaired) electrons. The van der Waals surface area contributed by atoms with Crippen molar-refractivity contribution in [1.29, 1.82) is 0 Å². The maximum absolute atomic E-state index is 12.8. The molecule has 4 nitrogen and oxygen atoms in total. The molecular weight excluding hydrogens is 392 g/mol. The smallest absolute Gasteiger partial charge is 0.298 e. The molecular formula is C22H17ClN2O2S. The summed E-state index contributed by atoms with van der Waals surface area (Å²) in [5.74, 6) is -0.302. The van der Waals surface area contributed by atoms with Crippen molar-refractivity contribution in [2.45, 2.75) is 13.8 Å². The summed E-state index contributed by atoms with van der Waals surface area (Å²) in [5, 5.41) is 0.364. The van der Waals surface area contributed by atoms with Gasteiger partial charge >= 0.3 is 0 Å². The predicted molar refractivity (Wildman–Crippen MR) is 115 cm³/mol. The molecule has 1 fully saturated rings. The number of aromatic nitrogens is 1. The van der Waals surface area contributed by atoms with Gasteiger partial charge in [-0.2, -0.15) is 0 Å². The van der Waals surface area contributed by atoms with E-state index < -0.39 is 0 Å². The van der Waals surface area contributed by atoms with E-state index in [1.807, 2.05) is 50.2 Å². The molecule has 1 saturated heterocycles. The van der Waals surface area contributed by atoms with Crippen molar-refractivity contribution < 1.29 is 9.59 Å². The molecule has 2 aromatic carbocycles. The van der Waals surface area contributed by atoms with Crippen LogP contribution in [0.1, 0.15) is 17.0 Å². The molecule has 1 aromatic heterocycles. The number of carbonyl (C=O) groups excluding carboxylic acids is 2. The van der Waals surface area contributed by atoms with Crippen LogP contribution in [0.5, 0.6) is 0 Å². The number of halogens is 1.